The molecule has 0 heterocycles. The number of carboxylic acids is 1. The summed E-state index contributed by atoms with van der Waals surface area (Å²) < 4.78 is 0. The fraction of sp³-hybridized carbons (Fsp3) is 0.333. The van der Waals surface area contributed by atoms with Crippen molar-refractivity contribution in [3.63, 3.8) is 0 Å². The Morgan fingerprint density at radius 3 is 2.53 bits per heavy atom. The van der Waals surface area contributed by atoms with E-state index in [-0.39, 0.29) is 33.1 Å². The third-order valence-electron chi connectivity index (χ3n) is 2.49. The fourth-order valence-electron chi connectivity index (χ4n) is 1.51. The number of rotatable bonds is 5. The van der Waals surface area contributed by atoms with Crippen LogP contribution in [0, 0.1) is 5.92 Å². The third kappa shape index (κ3) is 4.09. The first-order valence-electron chi connectivity index (χ1n) is 5.54. The standard InChI is InChI=1S/C12H14Cl2N2O3/c1-6(5-15-2)11(17)16-10-8(12(18)19)3-7(13)4-9(10)14/h3-4,6,15H,5H2,1-2H3,(H,16,17)(H,18,19). The smallest absolute Gasteiger partial charge is 0.337 e. The predicted molar refractivity (Wildman–Crippen MR) is 75.1 cm³/mol. The molecule has 1 unspecified atom stereocenters. The summed E-state index contributed by atoms with van der Waals surface area (Å²) in [5.74, 6) is -1.85. The van der Waals surface area contributed by atoms with Gasteiger partial charge in [-0.05, 0) is 19.2 Å². The Hall–Kier alpha value is -1.30. The largest absolute Gasteiger partial charge is 0.478 e. The molecule has 19 heavy (non-hydrogen) atoms. The van der Waals surface area contributed by atoms with Gasteiger partial charge in [0.15, 0.2) is 0 Å². The lowest BCUT2D eigenvalue weighted by molar-refractivity contribution is -0.119. The maximum absolute atomic E-state index is 11.9. The number of nitrogens with one attached hydrogen (secondary N) is 2. The van der Waals surface area contributed by atoms with E-state index in [9.17, 15) is 9.59 Å². The molecule has 7 heteroatoms. The van der Waals surface area contributed by atoms with E-state index in [1.54, 1.807) is 14.0 Å². The maximum atomic E-state index is 11.9. The summed E-state index contributed by atoms with van der Waals surface area (Å²) in [4.78, 5) is 23.0. The molecule has 0 fully saturated rings. The lowest BCUT2D eigenvalue weighted by atomic mass is 10.1. The number of aromatic carboxylic acids is 1. The van der Waals surface area contributed by atoms with Crippen LogP contribution in [0.4, 0.5) is 5.69 Å². The summed E-state index contributed by atoms with van der Waals surface area (Å²) in [6.07, 6.45) is 0. The Balaban J connectivity index is 3.06. The highest BCUT2D eigenvalue weighted by molar-refractivity contribution is 6.37. The molecule has 0 spiro atoms. The molecule has 0 aliphatic heterocycles. The summed E-state index contributed by atoms with van der Waals surface area (Å²) in [5, 5.41) is 14.8. The Morgan fingerprint density at radius 2 is 2.00 bits per heavy atom. The van der Waals surface area contributed by atoms with E-state index in [1.165, 1.54) is 12.1 Å². The molecule has 5 nitrogen and oxygen atoms in total. The molecule has 104 valence electrons. The number of amides is 1. The van der Waals surface area contributed by atoms with Crippen molar-refractivity contribution in [1.29, 1.82) is 0 Å². The lowest BCUT2D eigenvalue weighted by Crippen LogP contribution is -2.29. The van der Waals surface area contributed by atoms with Crippen LogP contribution in [0.3, 0.4) is 0 Å². The molecule has 0 aliphatic carbocycles. The summed E-state index contributed by atoms with van der Waals surface area (Å²) in [6.45, 7) is 2.19. The normalized spacial score (nSPS) is 12.0. The fourth-order valence-corrected chi connectivity index (χ4v) is 2.06. The molecule has 1 aromatic carbocycles. The molecular formula is C12H14Cl2N2O3. The zero-order valence-corrected chi connectivity index (χ0v) is 12.0. The Bertz CT molecular complexity index is 506. The maximum Gasteiger partial charge on any atom is 0.337 e. The topological polar surface area (TPSA) is 78.4 Å². The first kappa shape index (κ1) is 15.8. The van der Waals surface area contributed by atoms with Gasteiger partial charge in [-0.15, -0.1) is 0 Å². The van der Waals surface area contributed by atoms with Crippen LogP contribution in [-0.2, 0) is 4.79 Å². The molecule has 3 N–H and O–H groups in total. The number of carbonyl (C=O) groups is 2. The van der Waals surface area contributed by atoms with Gasteiger partial charge in [-0.3, -0.25) is 4.79 Å². The van der Waals surface area contributed by atoms with Crippen LogP contribution in [0.15, 0.2) is 12.1 Å². The van der Waals surface area contributed by atoms with Gasteiger partial charge in [0, 0.05) is 17.5 Å². The van der Waals surface area contributed by atoms with Gasteiger partial charge in [-0.25, -0.2) is 4.79 Å². The number of carboxylic acid groups (broad SMARTS) is 1. The van der Waals surface area contributed by atoms with Gasteiger partial charge in [0.1, 0.15) is 0 Å². The molecule has 0 saturated heterocycles. The van der Waals surface area contributed by atoms with E-state index in [0.29, 0.717) is 6.54 Å². The third-order valence-corrected chi connectivity index (χ3v) is 3.01. The van der Waals surface area contributed by atoms with Crippen LogP contribution in [0.1, 0.15) is 17.3 Å². The highest BCUT2D eigenvalue weighted by Crippen LogP contribution is 2.30. The molecule has 1 atom stereocenters. The van der Waals surface area contributed by atoms with Crippen molar-refractivity contribution in [3.8, 4) is 0 Å². The van der Waals surface area contributed by atoms with E-state index in [4.69, 9.17) is 28.3 Å². The zero-order chi connectivity index (χ0) is 14.6. The van der Waals surface area contributed by atoms with E-state index in [0.717, 1.165) is 0 Å². The molecule has 0 saturated carbocycles. The Morgan fingerprint density at radius 1 is 1.37 bits per heavy atom. The zero-order valence-electron chi connectivity index (χ0n) is 10.5. The van der Waals surface area contributed by atoms with Crippen molar-refractivity contribution in [1.82, 2.24) is 5.32 Å². The molecule has 1 amide bonds. The van der Waals surface area contributed by atoms with Crippen molar-refractivity contribution in [2.45, 2.75) is 6.92 Å². The highest BCUT2D eigenvalue weighted by Gasteiger charge is 2.19. The predicted octanol–water partition coefficient (Wildman–Crippen LogP) is 2.49. The molecule has 0 bridgehead atoms. The summed E-state index contributed by atoms with van der Waals surface area (Å²) in [6, 6.07) is 2.63. The van der Waals surface area contributed by atoms with Crippen molar-refractivity contribution >= 4 is 40.8 Å². The molecule has 0 aliphatic rings. The second-order valence-electron chi connectivity index (χ2n) is 4.06. The number of benzene rings is 1. The van der Waals surface area contributed by atoms with Gasteiger partial charge < -0.3 is 15.7 Å². The lowest BCUT2D eigenvalue weighted by Gasteiger charge is -2.14. The molecule has 0 aromatic heterocycles. The van der Waals surface area contributed by atoms with E-state index < -0.39 is 5.97 Å². The first-order chi connectivity index (χ1) is 8.86. The van der Waals surface area contributed by atoms with Crippen molar-refractivity contribution in [2.24, 2.45) is 5.92 Å². The molecular weight excluding hydrogens is 291 g/mol. The molecule has 0 radical (unpaired) electrons. The number of anilines is 1. The van der Waals surface area contributed by atoms with Gasteiger partial charge >= 0.3 is 5.97 Å². The highest BCUT2D eigenvalue weighted by atomic mass is 35.5. The summed E-state index contributed by atoms with van der Waals surface area (Å²) in [7, 11) is 1.72. The van der Waals surface area contributed by atoms with Gasteiger partial charge in [-0.2, -0.15) is 0 Å². The Kier molecular flexibility index (Phi) is 5.60. The minimum Gasteiger partial charge on any atom is -0.478 e. The minimum absolute atomic E-state index is 0.0616. The van der Waals surface area contributed by atoms with Gasteiger partial charge in [0.25, 0.3) is 0 Å². The van der Waals surface area contributed by atoms with E-state index in [2.05, 4.69) is 10.6 Å². The minimum atomic E-state index is -1.21. The van der Waals surface area contributed by atoms with Gasteiger partial charge in [-0.1, -0.05) is 30.1 Å². The van der Waals surface area contributed by atoms with Crippen molar-refractivity contribution in [2.75, 3.05) is 18.9 Å². The van der Waals surface area contributed by atoms with Crippen LogP contribution in [-0.4, -0.2) is 30.6 Å². The second-order valence-corrected chi connectivity index (χ2v) is 4.91. The average molecular weight is 305 g/mol. The second kappa shape index (κ2) is 6.75. The monoisotopic (exact) mass is 304 g/mol. The number of halogens is 2. The molecule has 1 aromatic rings. The van der Waals surface area contributed by atoms with Crippen LogP contribution in [0.25, 0.3) is 0 Å². The van der Waals surface area contributed by atoms with Crippen molar-refractivity contribution in [3.05, 3.63) is 27.7 Å². The van der Waals surface area contributed by atoms with Gasteiger partial charge in [0.05, 0.1) is 16.3 Å². The summed E-state index contributed by atoms with van der Waals surface area (Å²) in [5.41, 5.74) is -0.0750. The number of carbonyl (C=O) groups excluding carboxylic acids is 1. The number of hydrogen-bond acceptors (Lipinski definition) is 3. The van der Waals surface area contributed by atoms with E-state index >= 15 is 0 Å². The average Bonchev–Trinajstić information content (AvgIpc) is 2.32. The van der Waals surface area contributed by atoms with Crippen LogP contribution < -0.4 is 10.6 Å². The van der Waals surface area contributed by atoms with Crippen molar-refractivity contribution < 1.29 is 14.7 Å². The van der Waals surface area contributed by atoms with Gasteiger partial charge in [0.2, 0.25) is 5.91 Å². The van der Waals surface area contributed by atoms with E-state index in [1.807, 2.05) is 0 Å². The SMILES string of the molecule is CNCC(C)C(=O)Nc1c(Cl)cc(Cl)cc1C(=O)O. The summed E-state index contributed by atoms with van der Waals surface area (Å²) >= 11 is 11.7. The molecule has 1 rings (SSSR count). The van der Waals surface area contributed by atoms with Crippen LogP contribution in [0.5, 0.6) is 0 Å². The first-order valence-corrected chi connectivity index (χ1v) is 6.30. The number of hydrogen-bond donors (Lipinski definition) is 3. The van der Waals surface area contributed by atoms with Crippen LogP contribution in [0.2, 0.25) is 10.0 Å². The Labute approximate surface area is 120 Å². The van der Waals surface area contributed by atoms with Crippen LogP contribution >= 0.6 is 23.2 Å². The quantitative estimate of drug-likeness (QED) is 0.781.